The summed E-state index contributed by atoms with van der Waals surface area (Å²) >= 11 is 0. The first-order chi connectivity index (χ1) is 11.5. The standard InChI is InChI=1S/C16H26N6OS/c1-3-21-24(17,23)10-12-4-6-13(7-5-12)22(2)16-14-8-9-18-15(14)19-11-20-16/h8-9,11-13H,3-7,10H2,1-2H3,(H2,17,21,23)(H,18,19,20). The SMILES string of the molecule is CCNS(=N)(=O)CC1CCC(N(C)c2ncnc3[nH]ccc23)CC1. The molecule has 0 radical (unpaired) electrons. The first kappa shape index (κ1) is 17.2. The van der Waals surface area contributed by atoms with Gasteiger partial charge in [0.1, 0.15) is 27.7 Å². The van der Waals surface area contributed by atoms with Gasteiger partial charge in [-0.15, -0.1) is 0 Å². The Hall–Kier alpha value is -1.67. The van der Waals surface area contributed by atoms with Crippen molar-refractivity contribution in [3.05, 3.63) is 18.6 Å². The highest BCUT2D eigenvalue weighted by Crippen LogP contribution is 2.31. The quantitative estimate of drug-likeness (QED) is 0.745. The summed E-state index contributed by atoms with van der Waals surface area (Å²) in [6.45, 7) is 2.48. The Morgan fingerprint density at radius 3 is 2.83 bits per heavy atom. The van der Waals surface area contributed by atoms with Crippen LogP contribution in [0.4, 0.5) is 5.82 Å². The zero-order chi connectivity index (χ0) is 17.2. The predicted octanol–water partition coefficient (Wildman–Crippen LogP) is 2.52. The van der Waals surface area contributed by atoms with Crippen LogP contribution in [0.5, 0.6) is 0 Å². The van der Waals surface area contributed by atoms with Crippen molar-refractivity contribution in [3.63, 3.8) is 0 Å². The number of aromatic amines is 1. The molecule has 24 heavy (non-hydrogen) atoms. The molecule has 7 nitrogen and oxygen atoms in total. The highest BCUT2D eigenvalue weighted by Gasteiger charge is 2.27. The summed E-state index contributed by atoms with van der Waals surface area (Å²) in [7, 11) is -0.541. The van der Waals surface area contributed by atoms with Gasteiger partial charge in [-0.05, 0) is 37.7 Å². The van der Waals surface area contributed by atoms with Gasteiger partial charge in [-0.2, -0.15) is 0 Å². The number of hydrogen-bond donors (Lipinski definition) is 3. The Morgan fingerprint density at radius 1 is 1.38 bits per heavy atom. The first-order valence-corrected chi connectivity index (χ1v) is 10.2. The molecule has 2 aromatic rings. The number of anilines is 1. The van der Waals surface area contributed by atoms with Gasteiger partial charge in [0.25, 0.3) is 0 Å². The molecule has 0 amide bonds. The molecule has 2 aromatic heterocycles. The predicted molar refractivity (Wildman–Crippen MR) is 97.4 cm³/mol. The summed E-state index contributed by atoms with van der Waals surface area (Å²) in [5.74, 6) is 1.80. The molecule has 132 valence electrons. The van der Waals surface area contributed by atoms with Crippen molar-refractivity contribution < 1.29 is 4.21 Å². The summed E-state index contributed by atoms with van der Waals surface area (Å²) in [6, 6.07) is 2.44. The Labute approximate surface area is 143 Å². The maximum atomic E-state index is 12.1. The van der Waals surface area contributed by atoms with Crippen molar-refractivity contribution in [1.82, 2.24) is 19.7 Å². The smallest absolute Gasteiger partial charge is 0.142 e. The highest BCUT2D eigenvalue weighted by molar-refractivity contribution is 7.90. The van der Waals surface area contributed by atoms with E-state index in [1.807, 2.05) is 19.2 Å². The number of H-pyrrole nitrogens is 1. The molecule has 0 spiro atoms. The van der Waals surface area contributed by atoms with Crippen LogP contribution in [0.2, 0.25) is 0 Å². The van der Waals surface area contributed by atoms with Crippen LogP contribution >= 0.6 is 0 Å². The molecule has 1 fully saturated rings. The summed E-state index contributed by atoms with van der Waals surface area (Å²) in [4.78, 5) is 14.1. The number of nitrogens with one attached hydrogen (secondary N) is 3. The number of hydrogen-bond acceptors (Lipinski definition) is 5. The molecule has 8 heteroatoms. The van der Waals surface area contributed by atoms with Crippen molar-refractivity contribution in [3.8, 4) is 0 Å². The molecule has 1 saturated carbocycles. The third kappa shape index (κ3) is 3.70. The Balaban J connectivity index is 1.63. The normalized spacial score (nSPS) is 23.9. The molecule has 0 bridgehead atoms. The summed E-state index contributed by atoms with van der Waals surface area (Å²) < 4.78 is 22.8. The number of rotatable bonds is 6. The van der Waals surface area contributed by atoms with E-state index in [2.05, 4.69) is 31.6 Å². The molecule has 1 aliphatic rings. The second-order valence-electron chi connectivity index (χ2n) is 6.56. The lowest BCUT2D eigenvalue weighted by molar-refractivity contribution is 0.342. The van der Waals surface area contributed by atoms with Gasteiger partial charge in [-0.3, -0.25) is 0 Å². The van der Waals surface area contributed by atoms with Gasteiger partial charge in [-0.1, -0.05) is 6.92 Å². The van der Waals surface area contributed by atoms with E-state index in [0.29, 0.717) is 24.3 Å². The van der Waals surface area contributed by atoms with Crippen LogP contribution in [-0.4, -0.2) is 44.5 Å². The van der Waals surface area contributed by atoms with Crippen molar-refractivity contribution in [2.45, 2.75) is 38.6 Å². The molecule has 3 rings (SSSR count). The van der Waals surface area contributed by atoms with E-state index in [1.54, 1.807) is 6.33 Å². The molecular weight excluding hydrogens is 324 g/mol. The van der Waals surface area contributed by atoms with Gasteiger partial charge in [0, 0.05) is 31.6 Å². The lowest BCUT2D eigenvalue weighted by Gasteiger charge is -2.35. The third-order valence-corrected chi connectivity index (χ3v) is 6.57. The van der Waals surface area contributed by atoms with Crippen LogP contribution in [0.15, 0.2) is 18.6 Å². The average Bonchev–Trinajstić information content (AvgIpc) is 3.03. The van der Waals surface area contributed by atoms with Gasteiger partial charge < -0.3 is 9.88 Å². The molecule has 1 aliphatic carbocycles. The fraction of sp³-hybridized carbons (Fsp3) is 0.625. The minimum absolute atomic E-state index is 0.372. The van der Waals surface area contributed by atoms with E-state index in [1.165, 1.54) is 0 Å². The monoisotopic (exact) mass is 350 g/mol. The van der Waals surface area contributed by atoms with Crippen LogP contribution in [0.25, 0.3) is 11.0 Å². The van der Waals surface area contributed by atoms with E-state index >= 15 is 0 Å². The second kappa shape index (κ2) is 7.06. The van der Waals surface area contributed by atoms with E-state index < -0.39 is 9.92 Å². The van der Waals surface area contributed by atoms with Crippen LogP contribution < -0.4 is 9.62 Å². The maximum absolute atomic E-state index is 12.1. The number of fused-ring (bicyclic) bond motifs is 1. The van der Waals surface area contributed by atoms with Crippen molar-refractivity contribution in [2.24, 2.45) is 5.92 Å². The van der Waals surface area contributed by atoms with Crippen molar-refractivity contribution >= 4 is 26.8 Å². The van der Waals surface area contributed by atoms with Crippen LogP contribution in [0.1, 0.15) is 32.6 Å². The lowest BCUT2D eigenvalue weighted by atomic mass is 9.86. The van der Waals surface area contributed by atoms with Gasteiger partial charge in [-0.25, -0.2) is 23.7 Å². The van der Waals surface area contributed by atoms with Gasteiger partial charge in [0.05, 0.1) is 5.39 Å². The van der Waals surface area contributed by atoms with Crippen LogP contribution in [0.3, 0.4) is 0 Å². The molecule has 2 heterocycles. The Bertz CT molecular complexity index is 779. The van der Waals surface area contributed by atoms with Gasteiger partial charge in [0.15, 0.2) is 0 Å². The summed E-state index contributed by atoms with van der Waals surface area (Å²) in [5, 5.41) is 1.04. The third-order valence-electron chi connectivity index (χ3n) is 4.88. The van der Waals surface area contributed by atoms with E-state index in [0.717, 1.165) is 42.5 Å². The minimum atomic E-state index is -2.63. The van der Waals surface area contributed by atoms with E-state index in [-0.39, 0.29) is 0 Å². The van der Waals surface area contributed by atoms with E-state index in [9.17, 15) is 4.21 Å². The molecule has 0 aromatic carbocycles. The molecule has 0 saturated heterocycles. The van der Waals surface area contributed by atoms with Gasteiger partial charge >= 0.3 is 0 Å². The highest BCUT2D eigenvalue weighted by atomic mass is 32.2. The van der Waals surface area contributed by atoms with Crippen LogP contribution in [0, 0.1) is 10.7 Å². The topological polar surface area (TPSA) is 97.8 Å². The Morgan fingerprint density at radius 2 is 2.12 bits per heavy atom. The zero-order valence-electron chi connectivity index (χ0n) is 14.3. The first-order valence-electron chi connectivity index (χ1n) is 8.52. The van der Waals surface area contributed by atoms with Crippen molar-refractivity contribution in [1.29, 1.82) is 4.78 Å². The minimum Gasteiger partial charge on any atom is -0.356 e. The largest absolute Gasteiger partial charge is 0.356 e. The average molecular weight is 350 g/mol. The van der Waals surface area contributed by atoms with Crippen molar-refractivity contribution in [2.75, 3.05) is 24.2 Å². The number of nitrogens with zero attached hydrogens (tertiary/aromatic N) is 3. The fourth-order valence-electron chi connectivity index (χ4n) is 3.64. The molecule has 0 aliphatic heterocycles. The maximum Gasteiger partial charge on any atom is 0.142 e. The molecule has 1 atom stereocenters. The second-order valence-corrected chi connectivity index (χ2v) is 8.54. The van der Waals surface area contributed by atoms with E-state index in [4.69, 9.17) is 4.78 Å². The summed E-state index contributed by atoms with van der Waals surface area (Å²) in [5.41, 5.74) is 0.861. The Kier molecular flexibility index (Phi) is 5.05. The fourth-order valence-corrected chi connectivity index (χ4v) is 5.22. The zero-order valence-corrected chi connectivity index (χ0v) is 15.1. The summed E-state index contributed by atoms with van der Waals surface area (Å²) in [6.07, 6.45) is 7.59. The molecular formula is C16H26N6OS. The molecule has 1 unspecified atom stereocenters. The lowest BCUT2D eigenvalue weighted by Crippen LogP contribution is -2.38. The molecule has 3 N–H and O–H groups in total. The van der Waals surface area contributed by atoms with Gasteiger partial charge in [0.2, 0.25) is 0 Å². The van der Waals surface area contributed by atoms with Crippen LogP contribution in [-0.2, 0) is 9.92 Å². The number of aromatic nitrogens is 3.